The van der Waals surface area contributed by atoms with Crippen molar-refractivity contribution in [1.82, 2.24) is 34.8 Å². The number of nitriles is 1. The van der Waals surface area contributed by atoms with Gasteiger partial charge >= 0.3 is 6.18 Å². The van der Waals surface area contributed by atoms with Gasteiger partial charge in [-0.1, -0.05) is 0 Å². The topological polar surface area (TPSA) is 114 Å². The first-order valence-corrected chi connectivity index (χ1v) is 8.39. The van der Waals surface area contributed by atoms with Gasteiger partial charge in [0.1, 0.15) is 11.8 Å². The molecule has 0 bridgehead atoms. The summed E-state index contributed by atoms with van der Waals surface area (Å²) in [4.78, 5) is 20.5. The molecule has 29 heavy (non-hydrogen) atoms. The van der Waals surface area contributed by atoms with Crippen LogP contribution in [0.2, 0.25) is 5.28 Å². The van der Waals surface area contributed by atoms with Crippen molar-refractivity contribution in [2.24, 2.45) is 7.05 Å². The van der Waals surface area contributed by atoms with Crippen molar-refractivity contribution < 1.29 is 18.0 Å². The smallest absolute Gasteiger partial charge is 0.341 e. The Morgan fingerprint density at radius 2 is 2.07 bits per heavy atom. The van der Waals surface area contributed by atoms with Crippen LogP contribution in [0.15, 0.2) is 24.4 Å². The van der Waals surface area contributed by atoms with Crippen molar-refractivity contribution in [2.45, 2.75) is 19.1 Å². The number of nitrogens with one attached hydrogen (secondary N) is 1. The SMILES string of the molecule is CC(NC(=O)c1cc(C(F)(F)F)n(C)n1)c1nc(Cl)nn1-c1ccc(C#N)cn1. The molecule has 13 heteroatoms. The predicted molar refractivity (Wildman–Crippen MR) is 93.0 cm³/mol. The van der Waals surface area contributed by atoms with Gasteiger partial charge in [0.25, 0.3) is 5.91 Å². The number of rotatable bonds is 4. The third-order valence-electron chi connectivity index (χ3n) is 3.84. The average Bonchev–Trinajstić information content (AvgIpc) is 3.24. The minimum atomic E-state index is -4.64. The fraction of sp³-hybridized carbons (Fsp3) is 0.250. The van der Waals surface area contributed by atoms with Crippen LogP contribution in [-0.2, 0) is 13.2 Å². The molecule has 3 aromatic rings. The molecule has 0 aromatic carbocycles. The number of carbonyl (C=O) groups is 1. The molecule has 3 heterocycles. The molecule has 1 N–H and O–H groups in total. The molecule has 3 rings (SSSR count). The van der Waals surface area contributed by atoms with Gasteiger partial charge in [0.15, 0.2) is 17.3 Å². The Hall–Kier alpha value is -3.46. The lowest BCUT2D eigenvalue weighted by molar-refractivity contribution is -0.143. The number of pyridine rings is 1. The molecule has 0 fully saturated rings. The van der Waals surface area contributed by atoms with Gasteiger partial charge in [-0.2, -0.15) is 33.2 Å². The quantitative estimate of drug-likeness (QED) is 0.688. The lowest BCUT2D eigenvalue weighted by Crippen LogP contribution is -2.29. The second kappa shape index (κ2) is 7.51. The van der Waals surface area contributed by atoms with Gasteiger partial charge in [-0.05, 0) is 30.7 Å². The third kappa shape index (κ3) is 4.19. The van der Waals surface area contributed by atoms with Gasteiger partial charge in [0.2, 0.25) is 5.28 Å². The van der Waals surface area contributed by atoms with Crippen LogP contribution in [0.25, 0.3) is 5.82 Å². The summed E-state index contributed by atoms with van der Waals surface area (Å²) in [6.45, 7) is 1.55. The minimum Gasteiger partial charge on any atom is -0.341 e. The minimum absolute atomic E-state index is 0.121. The molecule has 3 aromatic heterocycles. The highest BCUT2D eigenvalue weighted by atomic mass is 35.5. The molecule has 0 spiro atoms. The van der Waals surface area contributed by atoms with Crippen molar-refractivity contribution in [1.29, 1.82) is 5.26 Å². The van der Waals surface area contributed by atoms with Crippen LogP contribution < -0.4 is 5.32 Å². The molecule has 1 atom stereocenters. The number of amides is 1. The van der Waals surface area contributed by atoms with Crippen LogP contribution in [0, 0.1) is 11.3 Å². The molecule has 9 nitrogen and oxygen atoms in total. The summed E-state index contributed by atoms with van der Waals surface area (Å²) in [7, 11) is 1.09. The van der Waals surface area contributed by atoms with E-state index in [1.165, 1.54) is 23.0 Å². The summed E-state index contributed by atoms with van der Waals surface area (Å²) >= 11 is 5.87. The summed E-state index contributed by atoms with van der Waals surface area (Å²) < 4.78 is 40.5. The predicted octanol–water partition coefficient (Wildman–Crippen LogP) is 2.43. The molecule has 0 saturated carbocycles. The highest BCUT2D eigenvalue weighted by molar-refractivity contribution is 6.28. The van der Waals surface area contributed by atoms with Gasteiger partial charge in [-0.25, -0.2) is 4.98 Å². The van der Waals surface area contributed by atoms with E-state index in [2.05, 4.69) is 25.5 Å². The Kier molecular flexibility index (Phi) is 5.25. The molecule has 1 amide bonds. The Morgan fingerprint density at radius 1 is 1.34 bits per heavy atom. The van der Waals surface area contributed by atoms with Gasteiger partial charge in [0.05, 0.1) is 11.6 Å². The first kappa shape index (κ1) is 20.3. The number of alkyl halides is 3. The van der Waals surface area contributed by atoms with E-state index in [4.69, 9.17) is 16.9 Å². The van der Waals surface area contributed by atoms with E-state index in [1.807, 2.05) is 6.07 Å². The van der Waals surface area contributed by atoms with Crippen LogP contribution in [-0.4, -0.2) is 35.4 Å². The summed E-state index contributed by atoms with van der Waals surface area (Å²) in [5, 5.41) is 18.8. The number of carbonyl (C=O) groups excluding carboxylic acids is 1. The number of nitrogens with zero attached hydrogens (tertiary/aromatic N) is 7. The first-order chi connectivity index (χ1) is 13.6. The molecule has 0 radical (unpaired) electrons. The van der Waals surface area contributed by atoms with Crippen molar-refractivity contribution in [2.75, 3.05) is 0 Å². The zero-order chi connectivity index (χ0) is 21.3. The average molecular weight is 425 g/mol. The summed E-state index contributed by atoms with van der Waals surface area (Å²) in [5.41, 5.74) is -1.12. The van der Waals surface area contributed by atoms with Gasteiger partial charge < -0.3 is 5.32 Å². The number of hydrogen-bond donors (Lipinski definition) is 1. The van der Waals surface area contributed by atoms with E-state index >= 15 is 0 Å². The van der Waals surface area contributed by atoms with E-state index in [0.717, 1.165) is 7.05 Å². The number of aryl methyl sites for hydroxylation is 1. The van der Waals surface area contributed by atoms with Crippen LogP contribution in [0.5, 0.6) is 0 Å². The second-order valence-corrected chi connectivity index (χ2v) is 6.24. The molecular formula is C16H12ClF3N8O. The Balaban J connectivity index is 1.85. The Bertz CT molecular complexity index is 1100. The lowest BCUT2D eigenvalue weighted by atomic mass is 10.2. The van der Waals surface area contributed by atoms with Crippen LogP contribution in [0.3, 0.4) is 0 Å². The first-order valence-electron chi connectivity index (χ1n) is 8.01. The van der Waals surface area contributed by atoms with Gasteiger partial charge in [0, 0.05) is 19.3 Å². The second-order valence-electron chi connectivity index (χ2n) is 5.90. The standard InChI is InChI=1S/C16H12ClF3N8O/c1-8(23-14(29)10-5-11(16(18,19)20)27(2)25-10)13-24-15(17)26-28(13)12-4-3-9(6-21)7-22-12/h3-5,7-8H,1-2H3,(H,23,29). The largest absolute Gasteiger partial charge is 0.433 e. The third-order valence-corrected chi connectivity index (χ3v) is 4.00. The van der Waals surface area contributed by atoms with Crippen LogP contribution in [0.4, 0.5) is 13.2 Å². The number of aromatic nitrogens is 6. The van der Waals surface area contributed by atoms with E-state index in [9.17, 15) is 18.0 Å². The van der Waals surface area contributed by atoms with Gasteiger partial charge in [-0.15, -0.1) is 5.10 Å². The fourth-order valence-electron chi connectivity index (χ4n) is 2.50. The van der Waals surface area contributed by atoms with Crippen molar-refractivity contribution in [3.8, 4) is 11.9 Å². The number of halogens is 4. The molecule has 150 valence electrons. The highest BCUT2D eigenvalue weighted by Crippen LogP contribution is 2.29. The van der Waals surface area contributed by atoms with Crippen LogP contribution >= 0.6 is 11.6 Å². The molecular weight excluding hydrogens is 413 g/mol. The molecule has 0 aliphatic rings. The lowest BCUT2D eigenvalue weighted by Gasteiger charge is -2.13. The van der Waals surface area contributed by atoms with Crippen molar-refractivity contribution >= 4 is 17.5 Å². The van der Waals surface area contributed by atoms with E-state index in [0.29, 0.717) is 16.3 Å². The summed E-state index contributed by atoms with van der Waals surface area (Å²) in [6, 6.07) is 4.81. The fourth-order valence-corrected chi connectivity index (χ4v) is 2.67. The van der Waals surface area contributed by atoms with E-state index < -0.39 is 29.5 Å². The zero-order valence-electron chi connectivity index (χ0n) is 14.9. The molecule has 1 unspecified atom stereocenters. The zero-order valence-corrected chi connectivity index (χ0v) is 15.7. The molecule has 0 aliphatic heterocycles. The highest BCUT2D eigenvalue weighted by Gasteiger charge is 2.36. The summed E-state index contributed by atoms with van der Waals surface area (Å²) in [5.74, 6) is -0.355. The van der Waals surface area contributed by atoms with E-state index in [1.54, 1.807) is 6.92 Å². The molecule has 0 aliphatic carbocycles. The van der Waals surface area contributed by atoms with Crippen molar-refractivity contribution in [3.63, 3.8) is 0 Å². The maximum atomic E-state index is 12.9. The maximum Gasteiger partial charge on any atom is 0.433 e. The summed E-state index contributed by atoms with van der Waals surface area (Å²) in [6.07, 6.45) is -3.31. The molecule has 0 saturated heterocycles. The monoisotopic (exact) mass is 424 g/mol. The number of hydrogen-bond acceptors (Lipinski definition) is 6. The van der Waals surface area contributed by atoms with E-state index in [-0.39, 0.29) is 16.9 Å². The van der Waals surface area contributed by atoms with Gasteiger partial charge in [-0.3, -0.25) is 9.48 Å². The maximum absolute atomic E-state index is 12.9. The van der Waals surface area contributed by atoms with Crippen LogP contribution in [0.1, 0.15) is 40.5 Å². The van der Waals surface area contributed by atoms with Crippen molar-refractivity contribution in [3.05, 3.63) is 52.5 Å². The Labute approximate surface area is 166 Å². The normalized spacial score (nSPS) is 12.4. The Morgan fingerprint density at radius 3 is 2.62 bits per heavy atom.